The summed E-state index contributed by atoms with van der Waals surface area (Å²) in [7, 11) is 0. The summed E-state index contributed by atoms with van der Waals surface area (Å²) < 4.78 is 1.11. The lowest BCUT2D eigenvalue weighted by molar-refractivity contribution is 0.576. The molecule has 0 aliphatic carbocycles. The van der Waals surface area contributed by atoms with Crippen LogP contribution in [0.25, 0.3) is 0 Å². The Morgan fingerprint density at radius 2 is 2.07 bits per heavy atom. The Morgan fingerprint density at radius 1 is 1.43 bits per heavy atom. The first-order valence-electron chi connectivity index (χ1n) is 4.45. The second-order valence-electron chi connectivity index (χ2n) is 3.15. The Kier molecular flexibility index (Phi) is 5.55. The normalized spacial score (nSPS) is 12.8. The summed E-state index contributed by atoms with van der Waals surface area (Å²) in [6.45, 7) is 0. The number of benzene rings is 1. The van der Waals surface area contributed by atoms with Gasteiger partial charge in [-0.2, -0.15) is 11.8 Å². The van der Waals surface area contributed by atoms with Crippen molar-refractivity contribution in [2.75, 3.05) is 12.0 Å². The molecule has 0 fully saturated rings. The zero-order valence-electron chi connectivity index (χ0n) is 8.16. The van der Waals surface area contributed by atoms with E-state index in [0.717, 1.165) is 16.6 Å². The number of halogens is 1. The molecule has 78 valence electrons. The van der Waals surface area contributed by atoms with Crippen molar-refractivity contribution in [1.29, 1.82) is 0 Å². The van der Waals surface area contributed by atoms with Gasteiger partial charge in [0, 0.05) is 16.3 Å². The van der Waals surface area contributed by atoms with E-state index in [2.05, 4.69) is 51.9 Å². The van der Waals surface area contributed by atoms with E-state index in [9.17, 15) is 0 Å². The molecule has 0 aliphatic rings. The zero-order chi connectivity index (χ0) is 10.4. The Bertz CT molecular complexity index is 263. The molecule has 1 atom stereocenters. The van der Waals surface area contributed by atoms with Crippen LogP contribution in [0, 0.1) is 0 Å². The van der Waals surface area contributed by atoms with Gasteiger partial charge in [0.05, 0.1) is 0 Å². The summed E-state index contributed by atoms with van der Waals surface area (Å²) in [6, 6.07) is 8.71. The van der Waals surface area contributed by atoms with Crippen LogP contribution < -0.4 is 11.3 Å². The van der Waals surface area contributed by atoms with Gasteiger partial charge in [0.15, 0.2) is 0 Å². The maximum atomic E-state index is 5.46. The lowest BCUT2D eigenvalue weighted by atomic mass is 10.1. The summed E-state index contributed by atoms with van der Waals surface area (Å²) in [5.41, 5.74) is 4.14. The maximum Gasteiger partial charge on any atom is 0.0341 e. The number of hydrazine groups is 1. The van der Waals surface area contributed by atoms with E-state index in [-0.39, 0.29) is 0 Å². The van der Waals surface area contributed by atoms with E-state index in [1.54, 1.807) is 11.8 Å². The minimum Gasteiger partial charge on any atom is -0.271 e. The van der Waals surface area contributed by atoms with Crippen LogP contribution in [-0.2, 0) is 6.42 Å². The molecule has 3 N–H and O–H groups in total. The van der Waals surface area contributed by atoms with Crippen molar-refractivity contribution in [2.45, 2.75) is 12.5 Å². The largest absolute Gasteiger partial charge is 0.271 e. The molecule has 0 saturated heterocycles. The van der Waals surface area contributed by atoms with Gasteiger partial charge in [-0.3, -0.25) is 11.3 Å². The van der Waals surface area contributed by atoms with Gasteiger partial charge in [0.1, 0.15) is 0 Å². The highest BCUT2D eigenvalue weighted by atomic mass is 79.9. The van der Waals surface area contributed by atoms with Crippen molar-refractivity contribution in [3.8, 4) is 0 Å². The van der Waals surface area contributed by atoms with Crippen LogP contribution in [0.15, 0.2) is 28.7 Å². The van der Waals surface area contributed by atoms with Crippen molar-refractivity contribution in [2.24, 2.45) is 5.84 Å². The third kappa shape index (κ3) is 4.00. The number of nitrogens with two attached hydrogens (primary N) is 1. The Morgan fingerprint density at radius 3 is 2.57 bits per heavy atom. The Balaban J connectivity index is 2.53. The number of rotatable bonds is 5. The summed E-state index contributed by atoms with van der Waals surface area (Å²) in [6.07, 6.45) is 3.07. The molecule has 14 heavy (non-hydrogen) atoms. The molecule has 0 spiro atoms. The molecule has 2 nitrogen and oxygen atoms in total. The fraction of sp³-hybridized carbons (Fsp3) is 0.400. The van der Waals surface area contributed by atoms with Gasteiger partial charge < -0.3 is 0 Å². The average Bonchev–Trinajstić information content (AvgIpc) is 2.20. The molecule has 1 rings (SSSR count). The topological polar surface area (TPSA) is 38.0 Å². The maximum absolute atomic E-state index is 5.46. The number of nitrogens with one attached hydrogen (secondary N) is 1. The van der Waals surface area contributed by atoms with Crippen LogP contribution in [-0.4, -0.2) is 18.1 Å². The summed E-state index contributed by atoms with van der Waals surface area (Å²) in [5, 5.41) is 0. The standard InChI is InChI=1S/C10H15BrN2S/c1-14-7-10(13-12)6-8-2-4-9(11)5-3-8/h2-5,10,13H,6-7,12H2,1H3. The van der Waals surface area contributed by atoms with Gasteiger partial charge in [-0.25, -0.2) is 0 Å². The third-order valence-corrected chi connectivity index (χ3v) is 3.26. The molecule has 0 aromatic heterocycles. The van der Waals surface area contributed by atoms with E-state index in [4.69, 9.17) is 5.84 Å². The monoisotopic (exact) mass is 274 g/mol. The molecule has 1 unspecified atom stereocenters. The van der Waals surface area contributed by atoms with E-state index in [0.29, 0.717) is 6.04 Å². The molecular weight excluding hydrogens is 260 g/mol. The van der Waals surface area contributed by atoms with Crippen molar-refractivity contribution >= 4 is 27.7 Å². The predicted octanol–water partition coefficient (Wildman–Crippen LogP) is 2.19. The van der Waals surface area contributed by atoms with Crippen LogP contribution in [0.5, 0.6) is 0 Å². The zero-order valence-corrected chi connectivity index (χ0v) is 10.6. The number of hydrogen-bond acceptors (Lipinski definition) is 3. The van der Waals surface area contributed by atoms with E-state index in [1.165, 1.54) is 5.56 Å². The van der Waals surface area contributed by atoms with E-state index in [1.807, 2.05) is 0 Å². The highest BCUT2D eigenvalue weighted by molar-refractivity contribution is 9.10. The van der Waals surface area contributed by atoms with Crippen LogP contribution in [0.2, 0.25) is 0 Å². The van der Waals surface area contributed by atoms with Crippen LogP contribution in [0.3, 0.4) is 0 Å². The van der Waals surface area contributed by atoms with Crippen LogP contribution in [0.1, 0.15) is 5.56 Å². The van der Waals surface area contributed by atoms with Gasteiger partial charge in [-0.15, -0.1) is 0 Å². The van der Waals surface area contributed by atoms with Crippen molar-refractivity contribution in [3.05, 3.63) is 34.3 Å². The summed E-state index contributed by atoms with van der Waals surface area (Å²) in [5.74, 6) is 6.50. The third-order valence-electron chi connectivity index (χ3n) is 2.00. The van der Waals surface area contributed by atoms with Crippen LogP contribution >= 0.6 is 27.7 Å². The van der Waals surface area contributed by atoms with Gasteiger partial charge in [-0.05, 0) is 30.4 Å². The fourth-order valence-corrected chi connectivity index (χ4v) is 2.15. The van der Waals surface area contributed by atoms with Crippen LogP contribution in [0.4, 0.5) is 0 Å². The van der Waals surface area contributed by atoms with Gasteiger partial charge in [0.25, 0.3) is 0 Å². The fourth-order valence-electron chi connectivity index (χ4n) is 1.27. The highest BCUT2D eigenvalue weighted by Gasteiger charge is 2.06. The smallest absolute Gasteiger partial charge is 0.0341 e. The second-order valence-corrected chi connectivity index (χ2v) is 4.98. The molecule has 4 heteroatoms. The quantitative estimate of drug-likeness (QED) is 0.639. The van der Waals surface area contributed by atoms with E-state index >= 15 is 0 Å². The summed E-state index contributed by atoms with van der Waals surface area (Å²) >= 11 is 5.22. The lowest BCUT2D eigenvalue weighted by Gasteiger charge is -2.14. The number of hydrogen-bond donors (Lipinski definition) is 2. The minimum absolute atomic E-state index is 0.353. The SMILES string of the molecule is CSCC(Cc1ccc(Br)cc1)NN. The molecule has 1 aromatic carbocycles. The molecule has 0 saturated carbocycles. The molecule has 0 radical (unpaired) electrons. The molecule has 1 aromatic rings. The highest BCUT2D eigenvalue weighted by Crippen LogP contribution is 2.12. The first-order chi connectivity index (χ1) is 6.76. The molecule has 0 bridgehead atoms. The molecular formula is C10H15BrN2S. The first-order valence-corrected chi connectivity index (χ1v) is 6.64. The Hall–Kier alpha value is -0.0300. The molecule has 0 heterocycles. The van der Waals surface area contributed by atoms with E-state index < -0.39 is 0 Å². The van der Waals surface area contributed by atoms with Gasteiger partial charge in [0.2, 0.25) is 0 Å². The summed E-state index contributed by atoms with van der Waals surface area (Å²) in [4.78, 5) is 0. The molecule has 0 amide bonds. The van der Waals surface area contributed by atoms with Crippen molar-refractivity contribution < 1.29 is 0 Å². The Labute approximate surface area is 97.7 Å². The van der Waals surface area contributed by atoms with Gasteiger partial charge in [-0.1, -0.05) is 28.1 Å². The minimum atomic E-state index is 0.353. The lowest BCUT2D eigenvalue weighted by Crippen LogP contribution is -2.38. The molecule has 0 aliphatic heterocycles. The van der Waals surface area contributed by atoms with Crippen molar-refractivity contribution in [1.82, 2.24) is 5.43 Å². The van der Waals surface area contributed by atoms with Gasteiger partial charge >= 0.3 is 0 Å². The average molecular weight is 275 g/mol. The predicted molar refractivity (Wildman–Crippen MR) is 67.3 cm³/mol. The number of thioether (sulfide) groups is 1. The van der Waals surface area contributed by atoms with Crippen molar-refractivity contribution in [3.63, 3.8) is 0 Å². The first kappa shape index (κ1) is 12.0. The second kappa shape index (κ2) is 6.45.